The van der Waals surface area contributed by atoms with Crippen LogP contribution in [0.15, 0.2) is 65.6 Å². The van der Waals surface area contributed by atoms with Crippen molar-refractivity contribution in [2.24, 2.45) is 0 Å². The molecule has 12 nitrogen and oxygen atoms in total. The number of rotatable bonds is 14. The Labute approximate surface area is 328 Å². The lowest BCUT2D eigenvalue weighted by Gasteiger charge is -2.36. The number of fused-ring (bicyclic) bond motifs is 2. The average Bonchev–Trinajstić information content (AvgIpc) is 3.75. The average molecular weight is 789 g/mol. The van der Waals surface area contributed by atoms with Gasteiger partial charge in [0.2, 0.25) is 0 Å². The SMILES string of the molecule is CCCCN(CCCC)C(=O)c1nn(-c2ccc(C(=O)NS(=O)(=O)c3ccc4c(c3)CCN4CC)cc2C(=O)N2Cc3ccccc3C[C@H]2CO)c(C)c1Cl. The third kappa shape index (κ3) is 8.15. The maximum Gasteiger partial charge on any atom is 0.275 e. The van der Waals surface area contributed by atoms with E-state index in [-0.39, 0.29) is 51.5 Å². The fourth-order valence-corrected chi connectivity index (χ4v) is 8.60. The van der Waals surface area contributed by atoms with E-state index in [2.05, 4.69) is 28.6 Å². The first-order chi connectivity index (χ1) is 26.4. The molecule has 2 N–H and O–H groups in total. The second-order valence-corrected chi connectivity index (χ2v) is 16.2. The van der Waals surface area contributed by atoms with Gasteiger partial charge in [-0.25, -0.2) is 17.8 Å². The predicted octanol–water partition coefficient (Wildman–Crippen LogP) is 5.94. The summed E-state index contributed by atoms with van der Waals surface area (Å²) >= 11 is 6.82. The van der Waals surface area contributed by atoms with Crippen molar-refractivity contribution in [3.8, 4) is 5.69 Å². The predicted molar refractivity (Wildman–Crippen MR) is 213 cm³/mol. The van der Waals surface area contributed by atoms with Gasteiger partial charge in [0.05, 0.1) is 39.5 Å². The molecule has 6 rings (SSSR count). The van der Waals surface area contributed by atoms with Gasteiger partial charge in [0.1, 0.15) is 0 Å². The van der Waals surface area contributed by atoms with Crippen LogP contribution < -0.4 is 9.62 Å². The molecule has 292 valence electrons. The quantitative estimate of drug-likeness (QED) is 0.160. The number of carbonyl (C=O) groups is 3. The second kappa shape index (κ2) is 17.0. The van der Waals surface area contributed by atoms with Crippen molar-refractivity contribution in [1.29, 1.82) is 0 Å². The highest BCUT2D eigenvalue weighted by molar-refractivity contribution is 7.90. The summed E-state index contributed by atoms with van der Waals surface area (Å²) in [4.78, 5) is 47.8. The van der Waals surface area contributed by atoms with Crippen LogP contribution in [0.2, 0.25) is 5.02 Å². The minimum Gasteiger partial charge on any atom is -0.394 e. The van der Waals surface area contributed by atoms with Crippen LogP contribution in [0.25, 0.3) is 5.69 Å². The van der Waals surface area contributed by atoms with Crippen molar-refractivity contribution in [3.05, 3.63) is 105 Å². The molecule has 0 unspecified atom stereocenters. The number of hydrogen-bond acceptors (Lipinski definition) is 8. The summed E-state index contributed by atoms with van der Waals surface area (Å²) in [5.74, 6) is -1.75. The first-order valence-corrected chi connectivity index (χ1v) is 20.9. The number of amides is 3. The molecule has 0 fully saturated rings. The molecular weight excluding hydrogens is 740 g/mol. The lowest BCUT2D eigenvalue weighted by molar-refractivity contribution is 0.0544. The molecule has 4 aromatic rings. The number of hydrogen-bond donors (Lipinski definition) is 2. The number of sulfonamides is 1. The minimum absolute atomic E-state index is 0.0233. The molecule has 55 heavy (non-hydrogen) atoms. The van der Waals surface area contributed by atoms with Gasteiger partial charge in [0.15, 0.2) is 5.69 Å². The normalized spacial score (nSPS) is 15.1. The van der Waals surface area contributed by atoms with Gasteiger partial charge >= 0.3 is 0 Å². The Kier molecular flexibility index (Phi) is 12.3. The summed E-state index contributed by atoms with van der Waals surface area (Å²) < 4.78 is 30.7. The van der Waals surface area contributed by atoms with E-state index in [1.165, 1.54) is 28.9 Å². The number of nitrogens with zero attached hydrogens (tertiary/aromatic N) is 5. The highest BCUT2D eigenvalue weighted by Crippen LogP contribution is 2.32. The third-order valence-electron chi connectivity index (χ3n) is 10.6. The van der Waals surface area contributed by atoms with Crippen molar-refractivity contribution in [2.75, 3.05) is 37.7 Å². The van der Waals surface area contributed by atoms with Gasteiger partial charge in [-0.15, -0.1) is 0 Å². The lowest BCUT2D eigenvalue weighted by atomic mass is 9.93. The van der Waals surface area contributed by atoms with E-state index in [9.17, 15) is 27.9 Å². The number of aliphatic hydroxyl groups is 1. The molecule has 0 bridgehead atoms. The Balaban J connectivity index is 1.39. The molecule has 0 spiro atoms. The zero-order chi connectivity index (χ0) is 39.4. The van der Waals surface area contributed by atoms with Crippen molar-refractivity contribution in [3.63, 3.8) is 0 Å². The van der Waals surface area contributed by atoms with E-state index in [0.717, 1.165) is 61.2 Å². The molecule has 1 atom stereocenters. The Morgan fingerprint density at radius 2 is 1.64 bits per heavy atom. The van der Waals surface area contributed by atoms with Crippen molar-refractivity contribution < 1.29 is 27.9 Å². The van der Waals surface area contributed by atoms with Gasteiger partial charge in [-0.2, -0.15) is 5.10 Å². The number of aromatic nitrogens is 2. The molecule has 3 amide bonds. The summed E-state index contributed by atoms with van der Waals surface area (Å²) in [7, 11) is -4.28. The number of unbranched alkanes of at least 4 members (excludes halogenated alkanes) is 2. The van der Waals surface area contributed by atoms with E-state index < -0.39 is 27.9 Å². The maximum atomic E-state index is 14.7. The Hall–Kier alpha value is -4.72. The number of anilines is 1. The molecule has 0 radical (unpaired) electrons. The molecule has 0 aliphatic carbocycles. The van der Waals surface area contributed by atoms with Crippen molar-refractivity contribution >= 4 is 45.0 Å². The number of carbonyl (C=O) groups excluding carboxylic acids is 3. The monoisotopic (exact) mass is 788 g/mol. The smallest absolute Gasteiger partial charge is 0.275 e. The minimum atomic E-state index is -4.28. The molecule has 0 saturated carbocycles. The number of halogens is 1. The van der Waals surface area contributed by atoms with E-state index in [1.54, 1.807) is 28.9 Å². The molecule has 1 aromatic heterocycles. The first kappa shape index (κ1) is 40.0. The molecule has 2 aliphatic heterocycles. The second-order valence-electron chi connectivity index (χ2n) is 14.2. The number of aliphatic hydroxyl groups excluding tert-OH is 1. The molecule has 3 aromatic carbocycles. The van der Waals surface area contributed by atoms with Crippen LogP contribution in [0.3, 0.4) is 0 Å². The van der Waals surface area contributed by atoms with E-state index >= 15 is 0 Å². The first-order valence-electron chi connectivity index (χ1n) is 19.0. The standard InChI is InChI=1S/C41H49ClN6O6S/c1-5-8-19-46(20-9-6-2)41(52)38-37(42)27(4)48(43-38)36-16-14-30(24-34(36)40(51)47-25-31-13-11-10-12-28(31)22-32(47)26-49)39(50)44-55(53,54)33-15-17-35-29(23-33)18-21-45(35)7-3/h10-17,23-24,32,49H,5-9,18-22,25-26H2,1-4H3,(H,44,50)/t32-/m0/s1. The fraction of sp³-hybridized carbons (Fsp3) is 0.415. The Bertz CT molecular complexity index is 2200. The van der Waals surface area contributed by atoms with Gasteiger partial charge in [0.25, 0.3) is 27.7 Å². The highest BCUT2D eigenvalue weighted by atomic mass is 35.5. The Morgan fingerprint density at radius 3 is 2.31 bits per heavy atom. The van der Waals surface area contributed by atoms with Gasteiger partial charge in [-0.05, 0) is 92.6 Å². The van der Waals surface area contributed by atoms with Crippen LogP contribution in [-0.4, -0.2) is 89.7 Å². The zero-order valence-electron chi connectivity index (χ0n) is 31.8. The van der Waals surface area contributed by atoms with E-state index in [1.807, 2.05) is 31.2 Å². The number of likely N-dealkylation sites (N-methyl/N-ethyl adjacent to an activating group) is 1. The van der Waals surface area contributed by atoms with Crippen LogP contribution in [0, 0.1) is 6.92 Å². The summed E-state index contributed by atoms with van der Waals surface area (Å²) in [6.07, 6.45) is 4.57. The van der Waals surface area contributed by atoms with Crippen LogP contribution in [0.5, 0.6) is 0 Å². The summed E-state index contributed by atoms with van der Waals surface area (Å²) in [6, 6.07) is 16.2. The lowest BCUT2D eigenvalue weighted by Crippen LogP contribution is -2.46. The summed E-state index contributed by atoms with van der Waals surface area (Å²) in [5.41, 5.74) is 4.45. The zero-order valence-corrected chi connectivity index (χ0v) is 33.4. The van der Waals surface area contributed by atoms with Crippen LogP contribution in [-0.2, 0) is 29.4 Å². The fourth-order valence-electron chi connectivity index (χ4n) is 7.38. The molecular formula is C41H49ClN6O6S. The van der Waals surface area contributed by atoms with E-state index in [0.29, 0.717) is 31.6 Å². The van der Waals surface area contributed by atoms with Gasteiger partial charge in [-0.1, -0.05) is 62.6 Å². The van der Waals surface area contributed by atoms with Crippen molar-refractivity contribution in [1.82, 2.24) is 24.3 Å². The van der Waals surface area contributed by atoms with Gasteiger partial charge < -0.3 is 19.8 Å². The number of nitrogens with one attached hydrogen (secondary N) is 1. The van der Waals surface area contributed by atoms with Gasteiger partial charge in [-0.3, -0.25) is 14.4 Å². The topological polar surface area (TPSA) is 145 Å². The largest absolute Gasteiger partial charge is 0.394 e. The van der Waals surface area contributed by atoms with Crippen LogP contribution in [0.4, 0.5) is 5.69 Å². The maximum absolute atomic E-state index is 14.7. The summed E-state index contributed by atoms with van der Waals surface area (Å²) in [5, 5.41) is 15.3. The molecule has 2 aliphatic rings. The molecule has 14 heteroatoms. The van der Waals surface area contributed by atoms with E-state index in [4.69, 9.17) is 11.6 Å². The highest BCUT2D eigenvalue weighted by Gasteiger charge is 2.34. The molecule has 0 saturated heterocycles. The summed E-state index contributed by atoms with van der Waals surface area (Å²) in [6.45, 7) is 10.4. The third-order valence-corrected chi connectivity index (χ3v) is 12.4. The van der Waals surface area contributed by atoms with Crippen LogP contribution in [0.1, 0.15) is 100 Å². The van der Waals surface area contributed by atoms with Crippen LogP contribution >= 0.6 is 11.6 Å². The van der Waals surface area contributed by atoms with Gasteiger partial charge in [0, 0.05) is 44.0 Å². The molecule has 3 heterocycles. The number of benzene rings is 3. The van der Waals surface area contributed by atoms with Crippen molar-refractivity contribution in [2.45, 2.75) is 83.7 Å². The Morgan fingerprint density at radius 1 is 0.945 bits per heavy atom.